The van der Waals surface area contributed by atoms with Crippen molar-refractivity contribution in [3.05, 3.63) is 24.3 Å². The summed E-state index contributed by atoms with van der Waals surface area (Å²) in [7, 11) is 0. The van der Waals surface area contributed by atoms with E-state index >= 15 is 0 Å². The van der Waals surface area contributed by atoms with Crippen LogP contribution in [0.25, 0.3) is 0 Å². The van der Waals surface area contributed by atoms with Gasteiger partial charge in [0.1, 0.15) is 12.7 Å². The zero-order valence-electron chi connectivity index (χ0n) is 24.4. The van der Waals surface area contributed by atoms with Gasteiger partial charge < -0.3 is 34.6 Å². The van der Waals surface area contributed by atoms with Gasteiger partial charge >= 0.3 is 5.97 Å². The molecule has 0 spiro atoms. The largest absolute Gasteiger partial charge is 0.458 e. The van der Waals surface area contributed by atoms with Crippen molar-refractivity contribution in [2.45, 2.75) is 120 Å². The fourth-order valence-electron chi connectivity index (χ4n) is 10.1. The average molecular weight is 574 g/mol. The first kappa shape index (κ1) is 29.5. The van der Waals surface area contributed by atoms with E-state index < -0.39 is 41.2 Å². The van der Waals surface area contributed by atoms with Gasteiger partial charge in [-0.2, -0.15) is 0 Å². The Morgan fingerprint density at radius 3 is 2.61 bits per heavy atom. The number of carbonyl (C=O) groups is 1. The highest BCUT2D eigenvalue weighted by Gasteiger charge is 2.71. The Labute approximate surface area is 242 Å². The van der Waals surface area contributed by atoms with Gasteiger partial charge in [-0.1, -0.05) is 13.0 Å². The van der Waals surface area contributed by atoms with Gasteiger partial charge in [0, 0.05) is 36.0 Å². The molecule has 6 rings (SSSR count). The molecule has 0 unspecified atom stereocenters. The zero-order chi connectivity index (χ0) is 29.2. The van der Waals surface area contributed by atoms with Crippen molar-refractivity contribution in [1.82, 2.24) is 0 Å². The summed E-state index contributed by atoms with van der Waals surface area (Å²) in [6.07, 6.45) is 8.52. The Bertz CT molecular complexity index is 1100. The number of cyclic esters (lactones) is 1. The predicted octanol–water partition coefficient (Wildman–Crippen LogP) is 2.84. The highest BCUT2D eigenvalue weighted by atomic mass is 16.7. The fourth-order valence-corrected chi connectivity index (χ4v) is 10.1. The summed E-state index contributed by atoms with van der Waals surface area (Å²) < 4.78 is 17.4. The second-order valence-corrected chi connectivity index (χ2v) is 14.0. The lowest BCUT2D eigenvalue weighted by Gasteiger charge is -2.66. The highest BCUT2D eigenvalue weighted by Crippen LogP contribution is 2.70. The van der Waals surface area contributed by atoms with E-state index in [0.717, 1.165) is 24.8 Å². The summed E-state index contributed by atoms with van der Waals surface area (Å²) in [5, 5.41) is 45.4. The van der Waals surface area contributed by atoms with Crippen LogP contribution in [0.2, 0.25) is 0 Å². The minimum absolute atomic E-state index is 0.0111. The van der Waals surface area contributed by atoms with Crippen molar-refractivity contribution in [2.24, 2.45) is 33.6 Å². The molecule has 41 heavy (non-hydrogen) atoms. The molecule has 0 radical (unpaired) electrons. The van der Waals surface area contributed by atoms with E-state index in [9.17, 15) is 25.2 Å². The summed E-state index contributed by atoms with van der Waals surface area (Å²) in [6.45, 7) is 8.54. The van der Waals surface area contributed by atoms with E-state index in [4.69, 9.17) is 19.2 Å². The van der Waals surface area contributed by atoms with E-state index in [1.54, 1.807) is 19.1 Å². The number of aliphatic imine (C=N–C) groups is 1. The number of hydrogen-bond donors (Lipinski definition) is 4. The molecule has 0 aromatic heterocycles. The van der Waals surface area contributed by atoms with Crippen LogP contribution in [0.4, 0.5) is 0 Å². The molecule has 0 amide bonds. The number of fused-ring (bicyclic) bond motifs is 5. The lowest BCUT2D eigenvalue weighted by Crippen LogP contribution is -2.69. The number of esters is 1. The van der Waals surface area contributed by atoms with Gasteiger partial charge in [-0.05, 0) is 81.6 Å². The lowest BCUT2D eigenvalue weighted by molar-refractivity contribution is -0.282. The minimum Gasteiger partial charge on any atom is -0.458 e. The molecular formula is C32H47NO8. The van der Waals surface area contributed by atoms with Crippen LogP contribution in [0.1, 0.15) is 78.1 Å². The fraction of sp³-hybridized carbons (Fsp3) is 0.812. The topological polar surface area (TPSA) is 138 Å². The van der Waals surface area contributed by atoms with Crippen LogP contribution in [-0.4, -0.2) is 87.7 Å². The zero-order valence-corrected chi connectivity index (χ0v) is 24.4. The van der Waals surface area contributed by atoms with Crippen LogP contribution in [0, 0.1) is 28.6 Å². The molecule has 6 aliphatic rings. The van der Waals surface area contributed by atoms with Crippen molar-refractivity contribution in [3.8, 4) is 0 Å². The Kier molecular flexibility index (Phi) is 7.56. The molecule has 4 saturated carbocycles. The predicted molar refractivity (Wildman–Crippen MR) is 151 cm³/mol. The van der Waals surface area contributed by atoms with Crippen LogP contribution in [-0.2, 0) is 19.0 Å². The summed E-state index contributed by atoms with van der Waals surface area (Å²) in [5.74, 6) is -0.101. The molecular weight excluding hydrogens is 526 g/mol. The summed E-state index contributed by atoms with van der Waals surface area (Å²) in [5.41, 5.74) is -1.91. The molecule has 2 heterocycles. The third-order valence-corrected chi connectivity index (χ3v) is 12.2. The first-order valence-corrected chi connectivity index (χ1v) is 15.6. The Morgan fingerprint density at radius 2 is 1.90 bits per heavy atom. The second kappa shape index (κ2) is 10.5. The molecule has 2 aliphatic heterocycles. The van der Waals surface area contributed by atoms with Gasteiger partial charge in [-0.3, -0.25) is 4.99 Å². The molecule has 12 atom stereocenters. The maximum Gasteiger partial charge on any atom is 0.331 e. The number of rotatable bonds is 6. The van der Waals surface area contributed by atoms with Crippen LogP contribution in [0.3, 0.4) is 0 Å². The third-order valence-electron chi connectivity index (χ3n) is 12.2. The quantitative estimate of drug-likeness (QED) is 0.165. The van der Waals surface area contributed by atoms with Gasteiger partial charge in [0.2, 0.25) is 0 Å². The van der Waals surface area contributed by atoms with E-state index in [2.05, 4.69) is 13.5 Å². The third kappa shape index (κ3) is 4.49. The maximum atomic E-state index is 12.6. The molecule has 9 nitrogen and oxygen atoms in total. The normalized spacial score (nSPS) is 51.5. The monoisotopic (exact) mass is 573 g/mol. The van der Waals surface area contributed by atoms with E-state index in [1.165, 1.54) is 0 Å². The first-order valence-electron chi connectivity index (χ1n) is 15.6. The number of aliphatic hydroxyl groups excluding tert-OH is 2. The molecule has 0 aromatic carbocycles. The standard InChI is InChI=1S/C32H47NO8/c1-4-13-33-18-30-10-5-21(41-27-15-25(34)28(36)19(2)40-27)16-31(30,37)11-7-24-23(30)6-9-29(3)22(8-12-32(24,29)38)20-14-26(35)39-17-20/h4,14,18-19,21-25,27-28,34,36-38H,1,5-13,15-17H2,2-3H3/t19-,21-,22+,23-,24+,25-,27+,28+,29+,30-,31+,32-/m0/s1. The number of carbonyl (C=O) groups excluding carboxylic acids is 1. The van der Waals surface area contributed by atoms with Crippen LogP contribution >= 0.6 is 0 Å². The second-order valence-electron chi connectivity index (χ2n) is 14.0. The van der Waals surface area contributed by atoms with Gasteiger partial charge in [-0.25, -0.2) is 4.79 Å². The first-order chi connectivity index (χ1) is 19.5. The number of nitrogens with zero attached hydrogens (tertiary/aromatic N) is 1. The maximum absolute atomic E-state index is 12.6. The van der Waals surface area contributed by atoms with Crippen molar-refractivity contribution >= 4 is 12.2 Å². The Morgan fingerprint density at radius 1 is 1.12 bits per heavy atom. The van der Waals surface area contributed by atoms with Crippen molar-refractivity contribution < 1.29 is 39.4 Å². The van der Waals surface area contributed by atoms with Crippen LogP contribution < -0.4 is 0 Å². The van der Waals surface area contributed by atoms with E-state index in [1.807, 2.05) is 6.21 Å². The number of ether oxygens (including phenoxy) is 3. The van der Waals surface area contributed by atoms with Gasteiger partial charge in [-0.15, -0.1) is 6.58 Å². The van der Waals surface area contributed by atoms with Gasteiger partial charge in [0.15, 0.2) is 6.29 Å². The highest BCUT2D eigenvalue weighted by molar-refractivity contribution is 5.85. The number of hydrogen-bond acceptors (Lipinski definition) is 9. The molecule has 1 saturated heterocycles. The molecule has 0 bridgehead atoms. The molecule has 4 aliphatic carbocycles. The van der Waals surface area contributed by atoms with Crippen molar-refractivity contribution in [3.63, 3.8) is 0 Å². The SMILES string of the molecule is C=CCN=C[C@]12CC[C@H](O[C@@H]3C[C@H](O)[C@H](O)[C@H](C)O3)C[C@]1(O)CC[C@@H]1[C@@H]2CC[C@]2(C)[C@@H](C3=CC(=O)OC3)CC[C@]12O. The smallest absolute Gasteiger partial charge is 0.331 e. The van der Waals surface area contributed by atoms with Crippen molar-refractivity contribution in [2.75, 3.05) is 13.2 Å². The van der Waals surface area contributed by atoms with Crippen molar-refractivity contribution in [1.29, 1.82) is 0 Å². The molecule has 9 heteroatoms. The number of aliphatic hydroxyl groups is 4. The van der Waals surface area contributed by atoms with Crippen LogP contribution in [0.5, 0.6) is 0 Å². The molecule has 228 valence electrons. The van der Waals surface area contributed by atoms with Crippen LogP contribution in [0.15, 0.2) is 29.3 Å². The Balaban J connectivity index is 1.26. The van der Waals surface area contributed by atoms with Gasteiger partial charge in [0.05, 0.1) is 36.1 Å². The average Bonchev–Trinajstić information content (AvgIpc) is 3.47. The summed E-state index contributed by atoms with van der Waals surface area (Å²) in [4.78, 5) is 16.6. The van der Waals surface area contributed by atoms with E-state index in [-0.39, 0.29) is 41.7 Å². The lowest BCUT2D eigenvalue weighted by atomic mass is 9.41. The Hall–Kier alpha value is -1.62. The van der Waals surface area contributed by atoms with Gasteiger partial charge in [0.25, 0.3) is 0 Å². The molecule has 0 aromatic rings. The molecule has 5 fully saturated rings. The van der Waals surface area contributed by atoms with E-state index in [0.29, 0.717) is 51.7 Å². The summed E-state index contributed by atoms with van der Waals surface area (Å²) in [6, 6.07) is 0. The summed E-state index contributed by atoms with van der Waals surface area (Å²) >= 11 is 0. The minimum atomic E-state index is -1.06. The molecule has 4 N–H and O–H groups in total.